The topological polar surface area (TPSA) is 52.8 Å². The molecule has 0 aromatic carbocycles. The molecule has 0 unspecified atom stereocenters. The number of hydrogen-bond acceptors (Lipinski definition) is 4. The van der Waals surface area contributed by atoms with Gasteiger partial charge in [-0.3, -0.25) is 0 Å². The van der Waals surface area contributed by atoms with Gasteiger partial charge in [-0.1, -0.05) is 0 Å². The molecular weight excluding hydrogens is 188 g/mol. The minimum Gasteiger partial charge on any atom is -0.352 e. The molecule has 4 nitrogen and oxygen atoms in total. The molecule has 2 heterocycles. The summed E-state index contributed by atoms with van der Waals surface area (Å²) in [6.45, 7) is 3.16. The highest BCUT2D eigenvalue weighted by atomic mass is 15.2. The second-order valence-electron chi connectivity index (χ2n) is 3.88. The van der Waals surface area contributed by atoms with Gasteiger partial charge in [0.15, 0.2) is 11.5 Å². The van der Waals surface area contributed by atoms with Crippen LogP contribution in [0.4, 0.5) is 5.82 Å². The van der Waals surface area contributed by atoms with Gasteiger partial charge in [-0.25, -0.2) is 9.97 Å². The monoisotopic (exact) mass is 202 g/mol. The fourth-order valence-electron chi connectivity index (χ4n) is 2.03. The van der Waals surface area contributed by atoms with E-state index < -0.39 is 0 Å². The zero-order valence-corrected chi connectivity index (χ0v) is 8.85. The lowest BCUT2D eigenvalue weighted by Gasteiger charge is -2.34. The van der Waals surface area contributed by atoms with Gasteiger partial charge in [0.25, 0.3) is 0 Å². The highest BCUT2D eigenvalue weighted by Crippen LogP contribution is 2.24. The quantitative estimate of drug-likeness (QED) is 0.696. The van der Waals surface area contributed by atoms with E-state index in [2.05, 4.69) is 27.9 Å². The summed E-state index contributed by atoms with van der Waals surface area (Å²) in [6.07, 6.45) is 6.82. The van der Waals surface area contributed by atoms with Crippen molar-refractivity contribution in [2.75, 3.05) is 11.4 Å². The summed E-state index contributed by atoms with van der Waals surface area (Å²) in [7, 11) is 0. The lowest BCUT2D eigenvalue weighted by atomic mass is 10.0. The predicted molar refractivity (Wildman–Crippen MR) is 57.4 cm³/mol. The van der Waals surface area contributed by atoms with Gasteiger partial charge in [-0.2, -0.15) is 5.26 Å². The van der Waals surface area contributed by atoms with E-state index in [1.54, 1.807) is 12.4 Å². The van der Waals surface area contributed by atoms with Crippen molar-refractivity contribution in [3.8, 4) is 6.07 Å². The Balaban J connectivity index is 2.31. The van der Waals surface area contributed by atoms with Gasteiger partial charge in [-0.15, -0.1) is 0 Å². The van der Waals surface area contributed by atoms with Crippen molar-refractivity contribution in [1.82, 2.24) is 9.97 Å². The second kappa shape index (κ2) is 4.26. The van der Waals surface area contributed by atoms with E-state index in [-0.39, 0.29) is 0 Å². The number of hydrogen-bond donors (Lipinski definition) is 0. The first-order valence-corrected chi connectivity index (χ1v) is 5.30. The van der Waals surface area contributed by atoms with Crippen LogP contribution in [0, 0.1) is 11.3 Å². The standard InChI is InChI=1S/C11H14N4/c1-9-4-2-3-7-15(9)11-10(8-12)13-5-6-14-11/h5-6,9H,2-4,7H2,1H3/t9-/m0/s1. The summed E-state index contributed by atoms with van der Waals surface area (Å²) < 4.78 is 0. The van der Waals surface area contributed by atoms with Gasteiger partial charge in [0.05, 0.1) is 0 Å². The van der Waals surface area contributed by atoms with E-state index >= 15 is 0 Å². The first-order chi connectivity index (χ1) is 7.33. The smallest absolute Gasteiger partial charge is 0.183 e. The first-order valence-electron chi connectivity index (χ1n) is 5.30. The predicted octanol–water partition coefficient (Wildman–Crippen LogP) is 1.73. The van der Waals surface area contributed by atoms with Crippen LogP contribution in [0.1, 0.15) is 31.9 Å². The minimum atomic E-state index is 0.436. The Morgan fingerprint density at radius 3 is 2.93 bits per heavy atom. The van der Waals surface area contributed by atoms with E-state index in [1.807, 2.05) is 0 Å². The van der Waals surface area contributed by atoms with Crippen molar-refractivity contribution in [3.63, 3.8) is 0 Å². The summed E-state index contributed by atoms with van der Waals surface area (Å²) in [5.41, 5.74) is 0.436. The summed E-state index contributed by atoms with van der Waals surface area (Å²) in [4.78, 5) is 10.5. The molecule has 0 radical (unpaired) electrons. The third-order valence-electron chi connectivity index (χ3n) is 2.86. The third-order valence-corrected chi connectivity index (χ3v) is 2.86. The molecule has 0 N–H and O–H groups in total. The summed E-state index contributed by atoms with van der Waals surface area (Å²) >= 11 is 0. The van der Waals surface area contributed by atoms with E-state index in [0.29, 0.717) is 11.7 Å². The summed E-state index contributed by atoms with van der Waals surface area (Å²) in [6, 6.07) is 2.56. The zero-order chi connectivity index (χ0) is 10.7. The van der Waals surface area contributed by atoms with Crippen LogP contribution in [-0.4, -0.2) is 22.6 Å². The normalized spacial score (nSPS) is 21.1. The number of anilines is 1. The van der Waals surface area contributed by atoms with Crippen LogP contribution < -0.4 is 4.90 Å². The molecule has 0 bridgehead atoms. The minimum absolute atomic E-state index is 0.436. The molecule has 0 amide bonds. The molecule has 1 saturated heterocycles. The Kier molecular flexibility index (Phi) is 2.82. The maximum Gasteiger partial charge on any atom is 0.183 e. The first kappa shape index (κ1) is 9.91. The maximum atomic E-state index is 8.96. The highest BCUT2D eigenvalue weighted by Gasteiger charge is 2.22. The van der Waals surface area contributed by atoms with Gasteiger partial charge in [0.2, 0.25) is 0 Å². The van der Waals surface area contributed by atoms with Crippen molar-refractivity contribution in [2.24, 2.45) is 0 Å². The van der Waals surface area contributed by atoms with E-state index in [0.717, 1.165) is 12.4 Å². The second-order valence-corrected chi connectivity index (χ2v) is 3.88. The average molecular weight is 202 g/mol. The maximum absolute atomic E-state index is 8.96. The zero-order valence-electron chi connectivity index (χ0n) is 8.85. The summed E-state index contributed by atoms with van der Waals surface area (Å²) in [5, 5.41) is 8.96. The molecule has 4 heteroatoms. The van der Waals surface area contributed by atoms with Crippen molar-refractivity contribution in [2.45, 2.75) is 32.2 Å². The van der Waals surface area contributed by atoms with Crippen LogP contribution in [0.25, 0.3) is 0 Å². The molecule has 0 saturated carbocycles. The summed E-state index contributed by atoms with van der Waals surface area (Å²) in [5.74, 6) is 0.743. The largest absolute Gasteiger partial charge is 0.352 e. The number of rotatable bonds is 1. The molecule has 78 valence electrons. The van der Waals surface area contributed by atoms with Crippen LogP contribution in [0.3, 0.4) is 0 Å². The number of piperidine rings is 1. The van der Waals surface area contributed by atoms with Crippen LogP contribution in [0.2, 0.25) is 0 Å². The Bertz CT molecular complexity index is 382. The van der Waals surface area contributed by atoms with E-state index in [4.69, 9.17) is 5.26 Å². The number of nitrogens with zero attached hydrogens (tertiary/aromatic N) is 4. The van der Waals surface area contributed by atoms with Crippen molar-refractivity contribution >= 4 is 5.82 Å². The van der Waals surface area contributed by atoms with Crippen molar-refractivity contribution < 1.29 is 0 Å². The van der Waals surface area contributed by atoms with Crippen molar-refractivity contribution in [1.29, 1.82) is 5.26 Å². The fraction of sp³-hybridized carbons (Fsp3) is 0.545. The Morgan fingerprint density at radius 1 is 1.40 bits per heavy atom. The molecule has 15 heavy (non-hydrogen) atoms. The van der Waals surface area contributed by atoms with E-state index in [9.17, 15) is 0 Å². The molecule has 1 aromatic rings. The van der Waals surface area contributed by atoms with Gasteiger partial charge >= 0.3 is 0 Å². The third kappa shape index (κ3) is 1.91. The lowest BCUT2D eigenvalue weighted by molar-refractivity contribution is 0.480. The molecule has 1 aliphatic rings. The SMILES string of the molecule is C[C@H]1CCCCN1c1nccnc1C#N. The lowest BCUT2D eigenvalue weighted by Crippen LogP contribution is -2.38. The van der Waals surface area contributed by atoms with E-state index in [1.165, 1.54) is 19.3 Å². The molecule has 0 aliphatic carbocycles. The molecule has 2 rings (SSSR count). The number of aromatic nitrogens is 2. The van der Waals surface area contributed by atoms with Crippen LogP contribution in [0.15, 0.2) is 12.4 Å². The van der Waals surface area contributed by atoms with Crippen LogP contribution in [0.5, 0.6) is 0 Å². The van der Waals surface area contributed by atoms with Gasteiger partial charge in [0, 0.05) is 25.0 Å². The molecule has 0 spiro atoms. The van der Waals surface area contributed by atoms with Crippen LogP contribution in [-0.2, 0) is 0 Å². The molecule has 1 aliphatic heterocycles. The van der Waals surface area contributed by atoms with Crippen molar-refractivity contribution in [3.05, 3.63) is 18.1 Å². The van der Waals surface area contributed by atoms with Gasteiger partial charge in [0.1, 0.15) is 6.07 Å². The molecule has 1 aromatic heterocycles. The Morgan fingerprint density at radius 2 is 2.20 bits per heavy atom. The molecule has 1 fully saturated rings. The molecule has 1 atom stereocenters. The number of nitriles is 1. The highest BCUT2D eigenvalue weighted by molar-refractivity contribution is 5.50. The Hall–Kier alpha value is -1.63. The van der Waals surface area contributed by atoms with Gasteiger partial charge < -0.3 is 4.90 Å². The fourth-order valence-corrected chi connectivity index (χ4v) is 2.03. The van der Waals surface area contributed by atoms with Crippen LogP contribution >= 0.6 is 0 Å². The average Bonchev–Trinajstić information content (AvgIpc) is 2.30. The Labute approximate surface area is 89.6 Å². The van der Waals surface area contributed by atoms with Gasteiger partial charge in [-0.05, 0) is 26.2 Å². The molecular formula is C11H14N4.